The molecule has 18 heavy (non-hydrogen) atoms. The van der Waals surface area contributed by atoms with E-state index in [1.807, 2.05) is 0 Å². The Labute approximate surface area is 106 Å². The quantitative estimate of drug-likeness (QED) is 0.651. The number of nitrogens with zero attached hydrogens (tertiary/aromatic N) is 1. The lowest BCUT2D eigenvalue weighted by molar-refractivity contribution is -0.384. The molecule has 0 aliphatic rings. The van der Waals surface area contributed by atoms with Crippen LogP contribution in [0.3, 0.4) is 0 Å². The first-order valence-corrected chi connectivity index (χ1v) is 5.74. The minimum absolute atomic E-state index is 0.0124. The molecule has 0 radical (unpaired) electrons. The van der Waals surface area contributed by atoms with Crippen molar-refractivity contribution >= 4 is 28.6 Å². The summed E-state index contributed by atoms with van der Waals surface area (Å²) in [5.41, 5.74) is 11.9. The maximum absolute atomic E-state index is 11.1. The van der Waals surface area contributed by atoms with Crippen molar-refractivity contribution in [2.24, 2.45) is 5.73 Å². The number of hydrogen-bond donors (Lipinski definition) is 2. The van der Waals surface area contributed by atoms with Gasteiger partial charge in [-0.2, -0.15) is 0 Å². The topological polar surface area (TPSA) is 112 Å². The molecule has 2 rings (SSSR count). The van der Waals surface area contributed by atoms with Gasteiger partial charge in [0, 0.05) is 17.0 Å². The van der Waals surface area contributed by atoms with Gasteiger partial charge in [-0.15, -0.1) is 11.3 Å². The van der Waals surface area contributed by atoms with Gasteiger partial charge in [-0.1, -0.05) is 0 Å². The maximum atomic E-state index is 11.1. The molecule has 0 fully saturated rings. The van der Waals surface area contributed by atoms with Crippen LogP contribution in [-0.2, 0) is 0 Å². The number of carbonyl (C=O) groups excluding carboxylic acids is 1. The lowest BCUT2D eigenvalue weighted by atomic mass is 10.1. The standard InChI is InChI=1S/C11H9N3O3S/c12-8-5-9(18-10(8)11(13)15)6-1-3-7(4-2-6)14(16)17/h1-5H,12H2,(H2,13,15). The SMILES string of the molecule is NC(=O)c1sc(-c2ccc([N+](=O)[O-])cc2)cc1N. The molecule has 0 spiro atoms. The fourth-order valence-corrected chi connectivity index (χ4v) is 2.42. The van der Waals surface area contributed by atoms with Crippen molar-refractivity contribution < 1.29 is 9.72 Å². The van der Waals surface area contributed by atoms with E-state index >= 15 is 0 Å². The lowest BCUT2D eigenvalue weighted by Gasteiger charge is -1.96. The van der Waals surface area contributed by atoms with Crippen LogP contribution < -0.4 is 11.5 Å². The third-order valence-electron chi connectivity index (χ3n) is 2.35. The Morgan fingerprint density at radius 2 is 1.89 bits per heavy atom. The van der Waals surface area contributed by atoms with Gasteiger partial charge in [-0.25, -0.2) is 0 Å². The molecule has 6 nitrogen and oxygen atoms in total. The average Bonchev–Trinajstić information content (AvgIpc) is 2.71. The Balaban J connectivity index is 2.40. The van der Waals surface area contributed by atoms with Crippen LogP contribution in [0.4, 0.5) is 11.4 Å². The summed E-state index contributed by atoms with van der Waals surface area (Å²) in [7, 11) is 0. The van der Waals surface area contributed by atoms with Crippen LogP contribution in [0.1, 0.15) is 9.67 Å². The van der Waals surface area contributed by atoms with Crippen molar-refractivity contribution in [2.45, 2.75) is 0 Å². The minimum Gasteiger partial charge on any atom is -0.397 e. The summed E-state index contributed by atoms with van der Waals surface area (Å²) in [6.45, 7) is 0. The summed E-state index contributed by atoms with van der Waals surface area (Å²) < 4.78 is 0. The first kappa shape index (κ1) is 12.1. The third kappa shape index (κ3) is 2.16. The van der Waals surface area contributed by atoms with E-state index in [0.717, 1.165) is 10.4 Å². The smallest absolute Gasteiger partial charge is 0.269 e. The Morgan fingerprint density at radius 1 is 1.28 bits per heavy atom. The summed E-state index contributed by atoms with van der Waals surface area (Å²) >= 11 is 1.17. The molecule has 0 bridgehead atoms. The van der Waals surface area contributed by atoms with Gasteiger partial charge in [-0.3, -0.25) is 14.9 Å². The number of rotatable bonds is 3. The van der Waals surface area contributed by atoms with Crippen molar-refractivity contribution in [2.75, 3.05) is 5.73 Å². The maximum Gasteiger partial charge on any atom is 0.269 e. The molecule has 1 aromatic heterocycles. The number of thiophene rings is 1. The number of nitrogen functional groups attached to an aromatic ring is 1. The number of primary amides is 1. The van der Waals surface area contributed by atoms with Crippen LogP contribution in [0.15, 0.2) is 30.3 Å². The highest BCUT2D eigenvalue weighted by Gasteiger charge is 2.13. The molecule has 1 heterocycles. The Kier molecular flexibility index (Phi) is 2.99. The van der Waals surface area contributed by atoms with Crippen LogP contribution in [0.5, 0.6) is 0 Å². The number of benzene rings is 1. The fraction of sp³-hybridized carbons (Fsp3) is 0. The number of amides is 1. The highest BCUT2D eigenvalue weighted by Crippen LogP contribution is 2.33. The van der Waals surface area contributed by atoms with E-state index in [-0.39, 0.29) is 5.69 Å². The second kappa shape index (κ2) is 4.46. The first-order chi connectivity index (χ1) is 8.49. The van der Waals surface area contributed by atoms with Gasteiger partial charge in [-0.05, 0) is 23.8 Å². The molecule has 1 amide bonds. The monoisotopic (exact) mass is 263 g/mol. The predicted molar refractivity (Wildman–Crippen MR) is 69.3 cm³/mol. The van der Waals surface area contributed by atoms with Crippen molar-refractivity contribution in [3.8, 4) is 10.4 Å². The number of carbonyl (C=O) groups is 1. The first-order valence-electron chi connectivity index (χ1n) is 4.93. The zero-order valence-corrected chi connectivity index (χ0v) is 9.94. The fourth-order valence-electron chi connectivity index (χ4n) is 1.49. The zero-order chi connectivity index (χ0) is 13.3. The molecule has 92 valence electrons. The molecule has 0 saturated heterocycles. The number of non-ortho nitro benzene ring substituents is 1. The third-order valence-corrected chi connectivity index (χ3v) is 3.56. The highest BCUT2D eigenvalue weighted by atomic mass is 32.1. The second-order valence-electron chi connectivity index (χ2n) is 3.56. The molecule has 2 aromatic rings. The van der Waals surface area contributed by atoms with Crippen molar-refractivity contribution in [1.29, 1.82) is 0 Å². The van der Waals surface area contributed by atoms with Gasteiger partial charge in [0.05, 0.1) is 10.6 Å². The molecule has 0 aliphatic heterocycles. The van der Waals surface area contributed by atoms with Gasteiger partial charge < -0.3 is 11.5 Å². The molecule has 0 aliphatic carbocycles. The van der Waals surface area contributed by atoms with Crippen LogP contribution in [0.2, 0.25) is 0 Å². The molecular formula is C11H9N3O3S. The molecule has 4 N–H and O–H groups in total. The second-order valence-corrected chi connectivity index (χ2v) is 4.62. The van der Waals surface area contributed by atoms with Crippen molar-refractivity contribution in [3.05, 3.63) is 45.3 Å². The average molecular weight is 263 g/mol. The van der Waals surface area contributed by atoms with Gasteiger partial charge in [0.2, 0.25) is 0 Å². The Bertz CT molecular complexity index is 619. The predicted octanol–water partition coefficient (Wildman–Crippen LogP) is 2.00. The highest BCUT2D eigenvalue weighted by molar-refractivity contribution is 7.18. The van der Waals surface area contributed by atoms with Crippen LogP contribution in [0.25, 0.3) is 10.4 Å². The van der Waals surface area contributed by atoms with E-state index in [0.29, 0.717) is 10.6 Å². The van der Waals surface area contributed by atoms with Crippen LogP contribution in [0, 0.1) is 10.1 Å². The van der Waals surface area contributed by atoms with Gasteiger partial charge in [0.25, 0.3) is 11.6 Å². The van der Waals surface area contributed by atoms with E-state index in [4.69, 9.17) is 11.5 Å². The van der Waals surface area contributed by atoms with E-state index in [9.17, 15) is 14.9 Å². The van der Waals surface area contributed by atoms with E-state index < -0.39 is 10.8 Å². The van der Waals surface area contributed by atoms with E-state index in [1.165, 1.54) is 23.5 Å². The summed E-state index contributed by atoms with van der Waals surface area (Å²) in [5, 5.41) is 10.5. The number of anilines is 1. The number of nitro benzene ring substituents is 1. The van der Waals surface area contributed by atoms with Gasteiger partial charge >= 0.3 is 0 Å². The van der Waals surface area contributed by atoms with Crippen LogP contribution in [-0.4, -0.2) is 10.8 Å². The van der Waals surface area contributed by atoms with Gasteiger partial charge in [0.15, 0.2) is 0 Å². The largest absolute Gasteiger partial charge is 0.397 e. The van der Waals surface area contributed by atoms with E-state index in [1.54, 1.807) is 18.2 Å². The van der Waals surface area contributed by atoms with Crippen molar-refractivity contribution in [3.63, 3.8) is 0 Å². The van der Waals surface area contributed by atoms with Gasteiger partial charge in [0.1, 0.15) is 4.88 Å². The number of hydrogen-bond acceptors (Lipinski definition) is 5. The molecule has 1 aromatic carbocycles. The Morgan fingerprint density at radius 3 is 2.33 bits per heavy atom. The lowest BCUT2D eigenvalue weighted by Crippen LogP contribution is -2.10. The van der Waals surface area contributed by atoms with E-state index in [2.05, 4.69) is 0 Å². The molecule has 0 saturated carbocycles. The zero-order valence-electron chi connectivity index (χ0n) is 9.12. The summed E-state index contributed by atoms with van der Waals surface area (Å²) in [6, 6.07) is 7.64. The van der Waals surface area contributed by atoms with Crippen molar-refractivity contribution in [1.82, 2.24) is 0 Å². The molecule has 0 atom stereocenters. The number of nitrogens with two attached hydrogens (primary N) is 2. The summed E-state index contributed by atoms with van der Waals surface area (Å²) in [6.07, 6.45) is 0. The summed E-state index contributed by atoms with van der Waals surface area (Å²) in [5.74, 6) is -0.578. The minimum atomic E-state index is -0.578. The molecule has 7 heteroatoms. The molecule has 0 unspecified atom stereocenters. The Hall–Kier alpha value is -2.41. The normalized spacial score (nSPS) is 10.2. The van der Waals surface area contributed by atoms with Crippen LogP contribution >= 0.6 is 11.3 Å². The number of nitro groups is 1. The molecular weight excluding hydrogens is 254 g/mol. The summed E-state index contributed by atoms with van der Waals surface area (Å²) in [4.78, 5) is 22.2.